The quantitative estimate of drug-likeness (QED) is 0.390. The predicted molar refractivity (Wildman–Crippen MR) is 127 cm³/mol. The molecule has 10 heteroatoms. The van der Waals surface area contributed by atoms with Crippen LogP contribution < -0.4 is 5.32 Å². The minimum absolute atomic E-state index is 0.0135. The van der Waals surface area contributed by atoms with E-state index in [1.165, 1.54) is 38.2 Å². The first-order valence-electron chi connectivity index (χ1n) is 10.5. The molecule has 4 aromatic rings. The van der Waals surface area contributed by atoms with E-state index in [0.717, 1.165) is 20.9 Å². The summed E-state index contributed by atoms with van der Waals surface area (Å²) in [5, 5.41) is 2.71. The Balaban J connectivity index is 1.35. The topological polar surface area (TPSA) is 114 Å². The summed E-state index contributed by atoms with van der Waals surface area (Å²) in [5.41, 5.74) is 3.00. The zero-order valence-corrected chi connectivity index (χ0v) is 19.5. The van der Waals surface area contributed by atoms with Crippen molar-refractivity contribution in [1.29, 1.82) is 0 Å². The summed E-state index contributed by atoms with van der Waals surface area (Å²) in [6.07, 6.45) is 3.36. The number of benzene rings is 2. The molecule has 174 valence electrons. The lowest BCUT2D eigenvalue weighted by atomic mass is 10.2. The minimum atomic E-state index is -3.87. The number of fused-ring (bicyclic) bond motifs is 1. The zero-order chi connectivity index (χ0) is 24.3. The smallest absolute Gasteiger partial charge is 0.243 e. The Morgan fingerprint density at radius 2 is 1.74 bits per heavy atom. The fourth-order valence-corrected chi connectivity index (χ4v) is 4.52. The third kappa shape index (κ3) is 4.87. The molecular formula is C24H23N5O4S. The number of nitrogens with one attached hydrogen (secondary N) is 1. The van der Waals surface area contributed by atoms with Gasteiger partial charge in [0.25, 0.3) is 0 Å². The van der Waals surface area contributed by atoms with Crippen LogP contribution in [0, 0.1) is 0 Å². The average molecular weight is 478 g/mol. The van der Waals surface area contributed by atoms with Gasteiger partial charge in [-0.15, -0.1) is 0 Å². The SMILES string of the molecule is CC(=O)c1ccc(S(=O)(=O)N(C)CC(=O)NCc2ccc(-n3cnc4ccccc43)nc2)cc1. The zero-order valence-electron chi connectivity index (χ0n) is 18.7. The summed E-state index contributed by atoms with van der Waals surface area (Å²) in [5.74, 6) is 0.0964. The first-order valence-corrected chi connectivity index (χ1v) is 11.9. The largest absolute Gasteiger partial charge is 0.351 e. The van der Waals surface area contributed by atoms with Gasteiger partial charge in [0.05, 0.1) is 22.5 Å². The molecule has 0 saturated carbocycles. The van der Waals surface area contributed by atoms with Gasteiger partial charge in [0.2, 0.25) is 15.9 Å². The van der Waals surface area contributed by atoms with Crippen molar-refractivity contribution in [2.75, 3.05) is 13.6 Å². The summed E-state index contributed by atoms with van der Waals surface area (Å²) in [7, 11) is -2.54. The molecule has 0 fully saturated rings. The van der Waals surface area contributed by atoms with E-state index in [1.807, 2.05) is 41.0 Å². The van der Waals surface area contributed by atoms with Gasteiger partial charge in [0, 0.05) is 25.4 Å². The maximum Gasteiger partial charge on any atom is 0.243 e. The highest BCUT2D eigenvalue weighted by Crippen LogP contribution is 2.17. The number of carbonyl (C=O) groups excluding carboxylic acids is 2. The van der Waals surface area contributed by atoms with Crippen molar-refractivity contribution in [2.24, 2.45) is 0 Å². The van der Waals surface area contributed by atoms with Crippen molar-refractivity contribution in [3.63, 3.8) is 0 Å². The van der Waals surface area contributed by atoms with Gasteiger partial charge < -0.3 is 5.32 Å². The van der Waals surface area contributed by atoms with E-state index < -0.39 is 15.9 Å². The van der Waals surface area contributed by atoms with Crippen LogP contribution in [0.2, 0.25) is 0 Å². The summed E-state index contributed by atoms with van der Waals surface area (Å²) in [6.45, 7) is 1.27. The standard InChI is InChI=1S/C24H23N5O4S/c1-17(30)19-8-10-20(11-9-19)34(32,33)28(2)15-24(31)26-14-18-7-12-23(25-13-18)29-16-27-21-5-3-4-6-22(21)29/h3-13,16H,14-15H2,1-2H3,(H,26,31). The van der Waals surface area contributed by atoms with Crippen LogP contribution in [0.1, 0.15) is 22.8 Å². The fourth-order valence-electron chi connectivity index (χ4n) is 3.39. The maximum atomic E-state index is 12.7. The number of pyridine rings is 1. The number of hydrogen-bond donors (Lipinski definition) is 1. The number of sulfonamides is 1. The number of hydrogen-bond acceptors (Lipinski definition) is 6. The molecule has 9 nitrogen and oxygen atoms in total. The van der Waals surface area contributed by atoms with E-state index in [2.05, 4.69) is 15.3 Å². The van der Waals surface area contributed by atoms with Crippen molar-refractivity contribution < 1.29 is 18.0 Å². The van der Waals surface area contributed by atoms with Gasteiger partial charge in [0.1, 0.15) is 12.1 Å². The van der Waals surface area contributed by atoms with E-state index >= 15 is 0 Å². The molecule has 34 heavy (non-hydrogen) atoms. The lowest BCUT2D eigenvalue weighted by molar-refractivity contribution is -0.121. The monoisotopic (exact) mass is 477 g/mol. The van der Waals surface area contributed by atoms with Crippen LogP contribution in [0.5, 0.6) is 0 Å². The van der Waals surface area contributed by atoms with Crippen molar-refractivity contribution in [3.05, 3.63) is 84.3 Å². The Bertz CT molecular complexity index is 1450. The number of aromatic nitrogens is 3. The Hall–Kier alpha value is -3.89. The molecule has 0 saturated heterocycles. The second-order valence-corrected chi connectivity index (χ2v) is 9.79. The maximum absolute atomic E-state index is 12.7. The number of nitrogens with zero attached hydrogens (tertiary/aromatic N) is 4. The number of rotatable bonds is 8. The second-order valence-electron chi connectivity index (χ2n) is 7.75. The lowest BCUT2D eigenvalue weighted by Gasteiger charge is -2.17. The molecule has 0 aliphatic heterocycles. The first-order chi connectivity index (χ1) is 16.3. The summed E-state index contributed by atoms with van der Waals surface area (Å²) >= 11 is 0. The van der Waals surface area contributed by atoms with Gasteiger partial charge >= 0.3 is 0 Å². The highest BCUT2D eigenvalue weighted by Gasteiger charge is 2.23. The van der Waals surface area contributed by atoms with Crippen LogP contribution >= 0.6 is 0 Å². The molecule has 4 rings (SSSR count). The molecule has 0 aliphatic carbocycles. The van der Waals surface area contributed by atoms with Gasteiger partial charge in [-0.3, -0.25) is 14.2 Å². The average Bonchev–Trinajstić information content (AvgIpc) is 3.27. The normalized spacial score (nSPS) is 11.6. The molecular weight excluding hydrogens is 454 g/mol. The van der Waals surface area contributed by atoms with Crippen molar-refractivity contribution in [2.45, 2.75) is 18.4 Å². The number of ketones is 1. The van der Waals surface area contributed by atoms with Crippen molar-refractivity contribution in [3.8, 4) is 5.82 Å². The van der Waals surface area contributed by atoms with Gasteiger partial charge in [0.15, 0.2) is 5.78 Å². The van der Waals surface area contributed by atoms with Crippen LogP contribution in [0.25, 0.3) is 16.9 Å². The molecule has 2 heterocycles. The number of imidazole rings is 1. The first kappa shape index (κ1) is 23.3. The van der Waals surface area contributed by atoms with Crippen LogP contribution in [-0.4, -0.2) is 52.5 Å². The van der Waals surface area contributed by atoms with Gasteiger partial charge in [-0.1, -0.05) is 30.3 Å². The molecule has 2 aromatic carbocycles. The van der Waals surface area contributed by atoms with E-state index in [-0.39, 0.29) is 23.8 Å². The fraction of sp³-hybridized carbons (Fsp3) is 0.167. The molecule has 1 N–H and O–H groups in total. The Morgan fingerprint density at radius 1 is 1.00 bits per heavy atom. The Morgan fingerprint density at radius 3 is 2.41 bits per heavy atom. The third-order valence-corrected chi connectivity index (χ3v) is 7.15. The van der Waals surface area contributed by atoms with Gasteiger partial charge in [-0.2, -0.15) is 4.31 Å². The summed E-state index contributed by atoms with van der Waals surface area (Å²) < 4.78 is 28.3. The molecule has 1 amide bonds. The molecule has 0 radical (unpaired) electrons. The number of amides is 1. The van der Waals surface area contributed by atoms with E-state index in [4.69, 9.17) is 0 Å². The lowest BCUT2D eigenvalue weighted by Crippen LogP contribution is -2.38. The molecule has 0 bridgehead atoms. The predicted octanol–water partition coefficient (Wildman–Crippen LogP) is 2.56. The number of para-hydroxylation sites is 2. The molecule has 2 aromatic heterocycles. The molecule has 0 aliphatic rings. The van der Waals surface area contributed by atoms with Gasteiger partial charge in [-0.25, -0.2) is 18.4 Å². The van der Waals surface area contributed by atoms with Crippen molar-refractivity contribution in [1.82, 2.24) is 24.2 Å². The van der Waals surface area contributed by atoms with Crippen LogP contribution in [0.3, 0.4) is 0 Å². The van der Waals surface area contributed by atoms with Crippen LogP contribution in [0.15, 0.2) is 78.1 Å². The highest BCUT2D eigenvalue weighted by atomic mass is 32.2. The number of Topliss-reactive ketones (excluding diaryl/α,β-unsaturated/α-hetero) is 1. The molecule has 0 unspecified atom stereocenters. The molecule has 0 spiro atoms. The van der Waals surface area contributed by atoms with Gasteiger partial charge in [-0.05, 0) is 42.8 Å². The highest BCUT2D eigenvalue weighted by molar-refractivity contribution is 7.89. The Labute approximate surface area is 197 Å². The van der Waals surface area contributed by atoms with E-state index in [0.29, 0.717) is 11.4 Å². The van der Waals surface area contributed by atoms with Crippen LogP contribution in [0.4, 0.5) is 0 Å². The van der Waals surface area contributed by atoms with Crippen LogP contribution in [-0.2, 0) is 21.4 Å². The molecule has 0 atom stereocenters. The minimum Gasteiger partial charge on any atom is -0.351 e. The summed E-state index contributed by atoms with van der Waals surface area (Å²) in [6, 6.07) is 17.0. The number of carbonyl (C=O) groups is 2. The second kappa shape index (κ2) is 9.54. The number of likely N-dealkylation sites (N-methyl/N-ethyl adjacent to an activating group) is 1. The summed E-state index contributed by atoms with van der Waals surface area (Å²) in [4.78, 5) is 32.6. The van der Waals surface area contributed by atoms with E-state index in [1.54, 1.807) is 12.5 Å². The van der Waals surface area contributed by atoms with E-state index in [9.17, 15) is 18.0 Å². The van der Waals surface area contributed by atoms with Crippen molar-refractivity contribution >= 4 is 32.7 Å². The Kier molecular flexibility index (Phi) is 6.53. The third-order valence-electron chi connectivity index (χ3n) is 5.33.